The van der Waals surface area contributed by atoms with Crippen molar-refractivity contribution >= 4 is 46.6 Å². The van der Waals surface area contributed by atoms with Gasteiger partial charge in [0.15, 0.2) is 5.82 Å². The Morgan fingerprint density at radius 3 is 2.67 bits per heavy atom. The topological polar surface area (TPSA) is 70.1 Å². The number of hydrogen-bond acceptors (Lipinski definition) is 5. The van der Waals surface area contributed by atoms with Crippen LogP contribution in [0.25, 0.3) is 11.3 Å². The number of rotatable bonds is 4. The number of urea groups is 1. The molecular formula is C22H22ClN5OS. The van der Waals surface area contributed by atoms with E-state index in [0.717, 1.165) is 47.2 Å². The number of aromatic nitrogens is 2. The third-order valence-electron chi connectivity index (χ3n) is 4.90. The fourth-order valence-corrected chi connectivity index (χ4v) is 4.39. The lowest BCUT2D eigenvalue weighted by Gasteiger charge is -2.28. The van der Waals surface area contributed by atoms with Crippen LogP contribution in [0.3, 0.4) is 0 Å². The van der Waals surface area contributed by atoms with Gasteiger partial charge in [-0.1, -0.05) is 29.8 Å². The summed E-state index contributed by atoms with van der Waals surface area (Å²) in [6, 6.07) is 12.7. The van der Waals surface area contributed by atoms with Crippen LogP contribution in [0.1, 0.15) is 5.56 Å². The molecule has 2 N–H and O–H groups in total. The Morgan fingerprint density at radius 1 is 1.07 bits per heavy atom. The van der Waals surface area contributed by atoms with Crippen molar-refractivity contribution in [1.82, 2.24) is 9.97 Å². The molecule has 0 spiro atoms. The Bertz CT molecular complexity index is 1060. The molecule has 8 heteroatoms. The van der Waals surface area contributed by atoms with Crippen LogP contribution in [-0.2, 0) is 0 Å². The van der Waals surface area contributed by atoms with E-state index in [0.29, 0.717) is 16.4 Å². The van der Waals surface area contributed by atoms with Gasteiger partial charge in [0, 0.05) is 58.9 Å². The predicted octanol–water partition coefficient (Wildman–Crippen LogP) is 5.30. The molecule has 154 valence electrons. The van der Waals surface area contributed by atoms with Gasteiger partial charge >= 0.3 is 6.03 Å². The largest absolute Gasteiger partial charge is 0.353 e. The number of amides is 2. The second-order valence-electron chi connectivity index (χ2n) is 6.90. The number of nitrogens with zero attached hydrogens (tertiary/aromatic N) is 3. The zero-order valence-corrected chi connectivity index (χ0v) is 18.1. The molecule has 1 fully saturated rings. The van der Waals surface area contributed by atoms with Gasteiger partial charge in [0.25, 0.3) is 0 Å². The highest BCUT2D eigenvalue weighted by Crippen LogP contribution is 2.30. The Kier molecular flexibility index (Phi) is 6.40. The Labute approximate surface area is 185 Å². The molecule has 1 aromatic heterocycles. The van der Waals surface area contributed by atoms with Crippen LogP contribution in [0.2, 0.25) is 5.02 Å². The molecule has 2 heterocycles. The smallest absolute Gasteiger partial charge is 0.323 e. The molecule has 2 aromatic carbocycles. The lowest BCUT2D eigenvalue weighted by Crippen LogP contribution is -2.33. The van der Waals surface area contributed by atoms with Gasteiger partial charge in [0.2, 0.25) is 0 Å². The van der Waals surface area contributed by atoms with Crippen LogP contribution < -0.4 is 15.5 Å². The van der Waals surface area contributed by atoms with E-state index in [9.17, 15) is 4.79 Å². The number of nitrogens with one attached hydrogen (secondary N) is 2. The van der Waals surface area contributed by atoms with Gasteiger partial charge in [-0.2, -0.15) is 11.8 Å². The fraction of sp³-hybridized carbons (Fsp3) is 0.227. The van der Waals surface area contributed by atoms with Crippen molar-refractivity contribution < 1.29 is 4.79 Å². The molecule has 4 rings (SSSR count). The van der Waals surface area contributed by atoms with Gasteiger partial charge < -0.3 is 15.5 Å². The van der Waals surface area contributed by atoms with Crippen molar-refractivity contribution in [2.24, 2.45) is 0 Å². The number of carbonyl (C=O) groups excluding carboxylic acids is 1. The minimum atomic E-state index is -0.329. The van der Waals surface area contributed by atoms with E-state index in [4.69, 9.17) is 11.6 Å². The molecule has 1 saturated heterocycles. The summed E-state index contributed by atoms with van der Waals surface area (Å²) in [6.45, 7) is 3.78. The molecule has 0 radical (unpaired) electrons. The first-order chi connectivity index (χ1) is 14.6. The third kappa shape index (κ3) is 4.68. The summed E-state index contributed by atoms with van der Waals surface area (Å²) < 4.78 is 0. The average Bonchev–Trinajstić information content (AvgIpc) is 2.78. The predicted molar refractivity (Wildman–Crippen MR) is 126 cm³/mol. The standard InChI is InChI=1S/C22H22ClN5OS/c1-15-18(23)6-3-7-19(15)27-22(29)26-17-5-2-4-16(14-17)20-21(25-9-8-24-20)28-10-12-30-13-11-28/h2-9,14H,10-13H2,1H3,(H2,26,27,29). The van der Waals surface area contributed by atoms with Crippen molar-refractivity contribution in [3.8, 4) is 11.3 Å². The van der Waals surface area contributed by atoms with Crippen molar-refractivity contribution in [1.29, 1.82) is 0 Å². The Morgan fingerprint density at radius 2 is 1.83 bits per heavy atom. The second kappa shape index (κ2) is 9.36. The average molecular weight is 440 g/mol. The maximum absolute atomic E-state index is 12.5. The summed E-state index contributed by atoms with van der Waals surface area (Å²) in [7, 11) is 0. The van der Waals surface area contributed by atoms with Gasteiger partial charge in [-0.3, -0.25) is 4.98 Å². The summed E-state index contributed by atoms with van der Waals surface area (Å²) >= 11 is 8.09. The molecule has 0 aliphatic carbocycles. The molecule has 1 aliphatic heterocycles. The summed E-state index contributed by atoms with van der Waals surface area (Å²) in [5.41, 5.74) is 3.91. The zero-order chi connectivity index (χ0) is 20.9. The van der Waals surface area contributed by atoms with Crippen LogP contribution in [0.4, 0.5) is 22.0 Å². The number of halogens is 1. The van der Waals surface area contributed by atoms with Crippen molar-refractivity contribution in [3.05, 3.63) is 65.4 Å². The second-order valence-corrected chi connectivity index (χ2v) is 8.53. The first kappa shape index (κ1) is 20.5. The Hall–Kier alpha value is -2.77. The van der Waals surface area contributed by atoms with E-state index in [1.165, 1.54) is 0 Å². The SMILES string of the molecule is Cc1c(Cl)cccc1NC(=O)Nc1cccc(-c2nccnc2N2CCSCC2)c1. The molecule has 2 amide bonds. The van der Waals surface area contributed by atoms with E-state index in [1.807, 2.05) is 49.0 Å². The van der Waals surface area contributed by atoms with Crippen molar-refractivity contribution in [2.75, 3.05) is 40.1 Å². The van der Waals surface area contributed by atoms with Gasteiger partial charge in [-0.25, -0.2) is 9.78 Å². The lowest BCUT2D eigenvalue weighted by atomic mass is 10.1. The maximum Gasteiger partial charge on any atom is 0.323 e. The molecule has 1 aliphatic rings. The monoisotopic (exact) mass is 439 g/mol. The maximum atomic E-state index is 12.5. The number of hydrogen-bond donors (Lipinski definition) is 2. The summed E-state index contributed by atoms with van der Waals surface area (Å²) in [6.07, 6.45) is 3.43. The molecule has 0 atom stereocenters. The van der Waals surface area contributed by atoms with E-state index in [2.05, 4.69) is 25.5 Å². The van der Waals surface area contributed by atoms with E-state index in [1.54, 1.807) is 24.5 Å². The van der Waals surface area contributed by atoms with Gasteiger partial charge in [0.05, 0.1) is 0 Å². The van der Waals surface area contributed by atoms with E-state index in [-0.39, 0.29) is 6.03 Å². The Balaban J connectivity index is 1.53. The molecule has 0 saturated carbocycles. The van der Waals surface area contributed by atoms with Crippen LogP contribution >= 0.6 is 23.4 Å². The van der Waals surface area contributed by atoms with Crippen LogP contribution in [0.5, 0.6) is 0 Å². The van der Waals surface area contributed by atoms with Crippen molar-refractivity contribution in [3.63, 3.8) is 0 Å². The molecule has 30 heavy (non-hydrogen) atoms. The normalized spacial score (nSPS) is 13.7. The zero-order valence-electron chi connectivity index (χ0n) is 16.6. The van der Waals surface area contributed by atoms with Crippen LogP contribution in [-0.4, -0.2) is 40.6 Å². The summed E-state index contributed by atoms with van der Waals surface area (Å²) in [5.74, 6) is 3.05. The highest BCUT2D eigenvalue weighted by Gasteiger charge is 2.18. The fourth-order valence-electron chi connectivity index (χ4n) is 3.31. The van der Waals surface area contributed by atoms with Crippen molar-refractivity contribution in [2.45, 2.75) is 6.92 Å². The first-order valence-corrected chi connectivity index (χ1v) is 11.2. The van der Waals surface area contributed by atoms with E-state index >= 15 is 0 Å². The summed E-state index contributed by atoms with van der Waals surface area (Å²) in [4.78, 5) is 23.9. The lowest BCUT2D eigenvalue weighted by molar-refractivity contribution is 0.262. The number of benzene rings is 2. The van der Waals surface area contributed by atoms with Gasteiger partial charge in [-0.05, 0) is 36.8 Å². The minimum absolute atomic E-state index is 0.329. The highest BCUT2D eigenvalue weighted by atomic mass is 35.5. The molecular weight excluding hydrogens is 418 g/mol. The number of anilines is 3. The quantitative estimate of drug-likeness (QED) is 0.577. The highest BCUT2D eigenvalue weighted by molar-refractivity contribution is 7.99. The molecule has 0 unspecified atom stereocenters. The molecule has 3 aromatic rings. The van der Waals surface area contributed by atoms with E-state index < -0.39 is 0 Å². The van der Waals surface area contributed by atoms with Crippen LogP contribution in [0.15, 0.2) is 54.9 Å². The number of thioether (sulfide) groups is 1. The first-order valence-electron chi connectivity index (χ1n) is 9.69. The summed E-state index contributed by atoms with van der Waals surface area (Å²) in [5, 5.41) is 6.35. The third-order valence-corrected chi connectivity index (χ3v) is 6.25. The van der Waals surface area contributed by atoms with Crippen LogP contribution in [0, 0.1) is 6.92 Å². The molecule has 6 nitrogen and oxygen atoms in total. The van der Waals surface area contributed by atoms with Gasteiger partial charge in [-0.15, -0.1) is 0 Å². The molecule has 0 bridgehead atoms. The number of carbonyl (C=O) groups is 1. The van der Waals surface area contributed by atoms with Gasteiger partial charge in [0.1, 0.15) is 5.69 Å². The minimum Gasteiger partial charge on any atom is -0.353 e.